The summed E-state index contributed by atoms with van der Waals surface area (Å²) in [5.41, 5.74) is 1.63. The van der Waals surface area contributed by atoms with Gasteiger partial charge in [-0.2, -0.15) is 5.10 Å². The van der Waals surface area contributed by atoms with Gasteiger partial charge in [-0.3, -0.25) is 14.4 Å². The van der Waals surface area contributed by atoms with Crippen LogP contribution in [0.3, 0.4) is 0 Å². The quantitative estimate of drug-likeness (QED) is 0.725. The summed E-state index contributed by atoms with van der Waals surface area (Å²) in [6.45, 7) is 5.33. The molecule has 0 saturated carbocycles. The van der Waals surface area contributed by atoms with Gasteiger partial charge >= 0.3 is 0 Å². The molecule has 1 fully saturated rings. The highest BCUT2D eigenvalue weighted by Gasteiger charge is 2.18. The topological polar surface area (TPSA) is 38.1 Å². The highest BCUT2D eigenvalue weighted by Crippen LogP contribution is 2.18. The van der Waals surface area contributed by atoms with Gasteiger partial charge < -0.3 is 0 Å². The van der Waals surface area contributed by atoms with E-state index in [1.54, 1.807) is 10.9 Å². The lowest BCUT2D eigenvalue weighted by Crippen LogP contribution is -2.34. The van der Waals surface area contributed by atoms with Crippen LogP contribution in [0.2, 0.25) is 0 Å². The fourth-order valence-corrected chi connectivity index (χ4v) is 2.42. The van der Waals surface area contributed by atoms with E-state index in [9.17, 15) is 4.79 Å². The van der Waals surface area contributed by atoms with Crippen molar-refractivity contribution in [1.82, 2.24) is 14.7 Å². The second kappa shape index (κ2) is 4.78. The number of aromatic nitrogens is 2. The summed E-state index contributed by atoms with van der Waals surface area (Å²) < 4.78 is 1.71. The molecule has 4 nitrogen and oxygen atoms in total. The Hall–Kier alpha value is -1.16. The van der Waals surface area contributed by atoms with E-state index in [-0.39, 0.29) is 0 Å². The molecule has 2 heterocycles. The third-order valence-corrected chi connectivity index (χ3v) is 3.18. The molecule has 1 aliphatic rings. The Kier molecular flexibility index (Phi) is 3.39. The van der Waals surface area contributed by atoms with Crippen LogP contribution in [-0.2, 0) is 13.6 Å². The lowest BCUT2D eigenvalue weighted by molar-refractivity contribution is 0.112. The van der Waals surface area contributed by atoms with Gasteiger partial charge in [0, 0.05) is 26.3 Å². The SMILES string of the molecule is CC1CCCN(Cc2nn(C)cc2C=O)C1. The highest BCUT2D eigenvalue weighted by molar-refractivity contribution is 5.75. The summed E-state index contributed by atoms with van der Waals surface area (Å²) in [6.07, 6.45) is 5.26. The maximum absolute atomic E-state index is 10.9. The van der Waals surface area contributed by atoms with Gasteiger partial charge in [0.05, 0.1) is 11.3 Å². The second-order valence-electron chi connectivity index (χ2n) is 4.81. The van der Waals surface area contributed by atoms with Crippen LogP contribution < -0.4 is 0 Å². The molecule has 1 atom stereocenters. The van der Waals surface area contributed by atoms with Crippen LogP contribution in [0.15, 0.2) is 6.20 Å². The number of hydrogen-bond acceptors (Lipinski definition) is 3. The first-order valence-electron chi connectivity index (χ1n) is 5.89. The summed E-state index contributed by atoms with van der Waals surface area (Å²) >= 11 is 0. The number of nitrogens with zero attached hydrogens (tertiary/aromatic N) is 3. The molecule has 88 valence electrons. The molecule has 0 radical (unpaired) electrons. The van der Waals surface area contributed by atoms with Gasteiger partial charge in [-0.05, 0) is 25.3 Å². The molecular weight excluding hydrogens is 202 g/mol. The molecule has 0 aliphatic carbocycles. The molecular formula is C12H19N3O. The van der Waals surface area contributed by atoms with Crippen LogP contribution in [0.1, 0.15) is 35.8 Å². The molecule has 0 amide bonds. The maximum atomic E-state index is 10.9. The summed E-state index contributed by atoms with van der Waals surface area (Å²) in [7, 11) is 1.86. The van der Waals surface area contributed by atoms with Gasteiger partial charge in [-0.15, -0.1) is 0 Å². The van der Waals surface area contributed by atoms with Crippen molar-refractivity contribution in [3.05, 3.63) is 17.5 Å². The standard InChI is InChI=1S/C12H19N3O/c1-10-4-3-5-15(6-10)8-12-11(9-16)7-14(2)13-12/h7,9-10H,3-6,8H2,1-2H3. The van der Waals surface area contributed by atoms with Crippen molar-refractivity contribution in [2.45, 2.75) is 26.3 Å². The van der Waals surface area contributed by atoms with Crippen molar-refractivity contribution in [2.75, 3.05) is 13.1 Å². The maximum Gasteiger partial charge on any atom is 0.153 e. The van der Waals surface area contributed by atoms with Crippen LogP contribution in [0.5, 0.6) is 0 Å². The number of aldehydes is 1. The van der Waals surface area contributed by atoms with Crippen LogP contribution >= 0.6 is 0 Å². The molecule has 4 heteroatoms. The second-order valence-corrected chi connectivity index (χ2v) is 4.81. The van der Waals surface area contributed by atoms with Crippen molar-refractivity contribution in [2.24, 2.45) is 13.0 Å². The summed E-state index contributed by atoms with van der Waals surface area (Å²) in [6, 6.07) is 0. The highest BCUT2D eigenvalue weighted by atomic mass is 16.1. The van der Waals surface area contributed by atoms with E-state index >= 15 is 0 Å². The molecule has 2 rings (SSSR count). The predicted molar refractivity (Wildman–Crippen MR) is 62.3 cm³/mol. The first-order chi connectivity index (χ1) is 7.69. The zero-order chi connectivity index (χ0) is 11.5. The number of aryl methyl sites for hydroxylation is 1. The summed E-state index contributed by atoms with van der Waals surface area (Å²) in [4.78, 5) is 13.3. The number of piperidine rings is 1. The zero-order valence-electron chi connectivity index (χ0n) is 10.0. The van der Waals surface area contributed by atoms with E-state index in [0.29, 0.717) is 0 Å². The first-order valence-corrected chi connectivity index (χ1v) is 5.89. The molecule has 0 spiro atoms. The van der Waals surface area contributed by atoms with Gasteiger partial charge in [0.15, 0.2) is 6.29 Å². The third kappa shape index (κ3) is 2.50. The van der Waals surface area contributed by atoms with Crippen molar-refractivity contribution in [3.63, 3.8) is 0 Å². The fourth-order valence-electron chi connectivity index (χ4n) is 2.42. The lowest BCUT2D eigenvalue weighted by Gasteiger charge is -2.30. The van der Waals surface area contributed by atoms with Crippen LogP contribution in [0, 0.1) is 5.92 Å². The van der Waals surface area contributed by atoms with Crippen molar-refractivity contribution in [3.8, 4) is 0 Å². The Morgan fingerprint density at radius 3 is 3.12 bits per heavy atom. The Balaban J connectivity index is 2.04. The monoisotopic (exact) mass is 221 g/mol. The minimum absolute atomic E-state index is 0.723. The van der Waals surface area contributed by atoms with Crippen LogP contribution in [-0.4, -0.2) is 34.1 Å². The fraction of sp³-hybridized carbons (Fsp3) is 0.667. The number of rotatable bonds is 3. The largest absolute Gasteiger partial charge is 0.298 e. The van der Waals surface area contributed by atoms with E-state index in [2.05, 4.69) is 16.9 Å². The van der Waals surface area contributed by atoms with Crippen molar-refractivity contribution in [1.29, 1.82) is 0 Å². The first kappa shape index (κ1) is 11.3. The molecule has 0 bridgehead atoms. The molecule has 16 heavy (non-hydrogen) atoms. The van der Waals surface area contributed by atoms with E-state index in [1.807, 2.05) is 7.05 Å². The molecule has 1 unspecified atom stereocenters. The lowest BCUT2D eigenvalue weighted by atomic mass is 10.00. The van der Waals surface area contributed by atoms with E-state index in [1.165, 1.54) is 12.8 Å². The molecule has 1 aromatic rings. The molecule has 0 aromatic carbocycles. The van der Waals surface area contributed by atoms with Gasteiger partial charge in [-0.1, -0.05) is 6.92 Å². The van der Waals surface area contributed by atoms with E-state index < -0.39 is 0 Å². The minimum Gasteiger partial charge on any atom is -0.298 e. The van der Waals surface area contributed by atoms with Gasteiger partial charge in [0.2, 0.25) is 0 Å². The molecule has 1 aliphatic heterocycles. The van der Waals surface area contributed by atoms with E-state index in [4.69, 9.17) is 0 Å². The van der Waals surface area contributed by atoms with Crippen LogP contribution in [0.25, 0.3) is 0 Å². The third-order valence-electron chi connectivity index (χ3n) is 3.18. The molecule has 1 aromatic heterocycles. The number of carbonyl (C=O) groups excluding carboxylic acids is 1. The van der Waals surface area contributed by atoms with Crippen molar-refractivity contribution < 1.29 is 4.79 Å². The van der Waals surface area contributed by atoms with Crippen molar-refractivity contribution >= 4 is 6.29 Å². The normalized spacial score (nSPS) is 22.2. The summed E-state index contributed by atoms with van der Waals surface area (Å²) in [5, 5.41) is 4.34. The smallest absolute Gasteiger partial charge is 0.153 e. The van der Waals surface area contributed by atoms with Crippen LogP contribution in [0.4, 0.5) is 0 Å². The zero-order valence-corrected chi connectivity index (χ0v) is 10.0. The summed E-state index contributed by atoms with van der Waals surface area (Å²) in [5.74, 6) is 0.761. The van der Waals surface area contributed by atoms with Gasteiger partial charge in [0.1, 0.15) is 0 Å². The average Bonchev–Trinajstić information content (AvgIpc) is 2.59. The Morgan fingerprint density at radius 2 is 2.44 bits per heavy atom. The predicted octanol–water partition coefficient (Wildman–Crippen LogP) is 1.46. The molecule has 0 N–H and O–H groups in total. The molecule has 1 saturated heterocycles. The Bertz CT molecular complexity index is 372. The van der Waals surface area contributed by atoms with Gasteiger partial charge in [0.25, 0.3) is 0 Å². The number of carbonyl (C=O) groups is 1. The van der Waals surface area contributed by atoms with Gasteiger partial charge in [-0.25, -0.2) is 0 Å². The van der Waals surface area contributed by atoms with E-state index in [0.717, 1.165) is 43.1 Å². The number of likely N-dealkylation sites (tertiary alicyclic amines) is 1. The number of hydrogen-bond donors (Lipinski definition) is 0. The average molecular weight is 221 g/mol. The minimum atomic E-state index is 0.723. The Labute approximate surface area is 96.2 Å². The Morgan fingerprint density at radius 1 is 1.62 bits per heavy atom.